The molecule has 1 saturated heterocycles. The first-order chi connectivity index (χ1) is 16.6. The number of thiophene rings is 1. The minimum atomic E-state index is 0.0969. The molecule has 1 atom stereocenters. The highest BCUT2D eigenvalue weighted by Gasteiger charge is 2.58. The molecule has 3 heterocycles. The van der Waals surface area contributed by atoms with Crippen molar-refractivity contribution in [1.82, 2.24) is 19.8 Å². The highest BCUT2D eigenvalue weighted by atomic mass is 32.1. The topological polar surface area (TPSA) is 67.2 Å². The molecule has 2 aromatic heterocycles. The molecule has 1 aromatic carbocycles. The quantitative estimate of drug-likeness (QED) is 0.603. The first-order valence-corrected chi connectivity index (χ1v) is 13.5. The average molecular weight is 477 g/mol. The predicted octanol–water partition coefficient (Wildman–Crippen LogP) is 4.11. The zero-order chi connectivity index (χ0) is 23.3. The molecule has 7 heteroatoms. The van der Waals surface area contributed by atoms with Gasteiger partial charge in [0.25, 0.3) is 5.91 Å². The molecule has 0 bridgehead atoms. The zero-order valence-electron chi connectivity index (χ0n) is 19.8. The first kappa shape index (κ1) is 21.8. The molecule has 34 heavy (non-hydrogen) atoms. The molecule has 6 nitrogen and oxygen atoms in total. The summed E-state index contributed by atoms with van der Waals surface area (Å²) >= 11 is 1.64. The Morgan fingerprint density at radius 3 is 2.79 bits per heavy atom. The fourth-order valence-corrected chi connectivity index (χ4v) is 7.23. The molecule has 2 aliphatic carbocycles. The number of aryl methyl sites for hydroxylation is 2. The number of imidazole rings is 1. The number of fused-ring (bicyclic) bond motifs is 2. The number of nitrogens with one attached hydrogen (secondary N) is 1. The van der Waals surface area contributed by atoms with E-state index in [9.17, 15) is 9.59 Å². The number of amides is 2. The van der Waals surface area contributed by atoms with Crippen LogP contribution in [0, 0.1) is 11.3 Å². The van der Waals surface area contributed by atoms with E-state index in [1.165, 1.54) is 24.0 Å². The summed E-state index contributed by atoms with van der Waals surface area (Å²) in [7, 11) is 2.03. The summed E-state index contributed by atoms with van der Waals surface area (Å²) in [5.74, 6) is 1.48. The van der Waals surface area contributed by atoms with E-state index in [-0.39, 0.29) is 23.1 Å². The summed E-state index contributed by atoms with van der Waals surface area (Å²) < 4.78 is 2.11. The molecule has 3 aliphatic rings. The fraction of sp³-hybridized carbons (Fsp3) is 0.519. The van der Waals surface area contributed by atoms with E-state index < -0.39 is 0 Å². The van der Waals surface area contributed by atoms with E-state index in [0.29, 0.717) is 6.54 Å². The number of nitrogens with zero attached hydrogens (tertiary/aromatic N) is 3. The second-order valence-electron chi connectivity index (χ2n) is 10.3. The number of aromatic nitrogens is 2. The Kier molecular flexibility index (Phi) is 5.47. The van der Waals surface area contributed by atoms with Gasteiger partial charge < -0.3 is 14.8 Å². The molecule has 1 spiro atoms. The lowest BCUT2D eigenvalue weighted by molar-refractivity contribution is -0.123. The van der Waals surface area contributed by atoms with Gasteiger partial charge in [-0.1, -0.05) is 12.1 Å². The number of carbonyl (C=O) groups excluding carboxylic acids is 2. The number of hydrogen-bond donors (Lipinski definition) is 1. The lowest BCUT2D eigenvalue weighted by atomic mass is 9.90. The Hall–Kier alpha value is -2.67. The maximum atomic E-state index is 13.2. The predicted molar refractivity (Wildman–Crippen MR) is 134 cm³/mol. The van der Waals surface area contributed by atoms with Gasteiger partial charge in [0.15, 0.2) is 0 Å². The van der Waals surface area contributed by atoms with Crippen molar-refractivity contribution in [3.63, 3.8) is 0 Å². The van der Waals surface area contributed by atoms with E-state index in [2.05, 4.69) is 21.3 Å². The van der Waals surface area contributed by atoms with Crippen molar-refractivity contribution in [3.05, 3.63) is 51.5 Å². The summed E-state index contributed by atoms with van der Waals surface area (Å²) in [4.78, 5) is 33.8. The van der Waals surface area contributed by atoms with Crippen molar-refractivity contribution in [2.75, 3.05) is 19.6 Å². The third kappa shape index (κ3) is 3.74. The second kappa shape index (κ2) is 8.52. The van der Waals surface area contributed by atoms with E-state index in [4.69, 9.17) is 4.98 Å². The molecule has 1 N–H and O–H groups in total. The van der Waals surface area contributed by atoms with Crippen LogP contribution in [0.4, 0.5) is 0 Å². The van der Waals surface area contributed by atoms with Gasteiger partial charge in [-0.25, -0.2) is 4.98 Å². The Labute approximate surface area is 204 Å². The molecule has 1 aliphatic heterocycles. The molecule has 1 unspecified atom stereocenters. The van der Waals surface area contributed by atoms with Crippen LogP contribution >= 0.6 is 11.3 Å². The molecule has 3 aromatic rings. The molecule has 2 fully saturated rings. The van der Waals surface area contributed by atoms with Gasteiger partial charge in [-0.05, 0) is 79.0 Å². The molecular formula is C27H32N4O2S. The van der Waals surface area contributed by atoms with Crippen LogP contribution in [-0.4, -0.2) is 45.9 Å². The van der Waals surface area contributed by atoms with Gasteiger partial charge in [-0.15, -0.1) is 11.3 Å². The highest BCUT2D eigenvalue weighted by molar-refractivity contribution is 7.12. The number of benzene rings is 1. The van der Waals surface area contributed by atoms with Gasteiger partial charge >= 0.3 is 0 Å². The number of piperidine rings is 1. The van der Waals surface area contributed by atoms with Crippen molar-refractivity contribution >= 4 is 34.2 Å². The van der Waals surface area contributed by atoms with E-state index in [1.807, 2.05) is 30.1 Å². The number of likely N-dealkylation sites (tertiary alicyclic amines) is 1. The number of carbonyl (C=O) groups is 2. The Balaban J connectivity index is 1.01. The van der Waals surface area contributed by atoms with Gasteiger partial charge in [-0.3, -0.25) is 9.59 Å². The van der Waals surface area contributed by atoms with Crippen LogP contribution in [0.25, 0.3) is 11.0 Å². The van der Waals surface area contributed by atoms with Gasteiger partial charge in [0.1, 0.15) is 5.82 Å². The summed E-state index contributed by atoms with van der Waals surface area (Å²) in [6, 6.07) is 8.12. The van der Waals surface area contributed by atoms with Crippen molar-refractivity contribution < 1.29 is 9.59 Å². The SMILES string of the molecule is Cn1c(CCNC(=O)C2CC23CCN(C(=O)c2scc4c2CCCC4)CC3)nc2ccccc21. The van der Waals surface area contributed by atoms with Crippen molar-refractivity contribution in [2.24, 2.45) is 18.4 Å². The normalized spacial score (nSPS) is 21.0. The van der Waals surface area contributed by atoms with E-state index in [0.717, 1.165) is 73.3 Å². The van der Waals surface area contributed by atoms with Gasteiger partial charge in [0.05, 0.1) is 15.9 Å². The molecule has 0 radical (unpaired) electrons. The minimum absolute atomic E-state index is 0.0969. The highest BCUT2D eigenvalue weighted by Crippen LogP contribution is 2.59. The maximum Gasteiger partial charge on any atom is 0.264 e. The Bertz CT molecular complexity index is 1250. The molecular weight excluding hydrogens is 444 g/mol. The Morgan fingerprint density at radius 1 is 1.18 bits per heavy atom. The average Bonchev–Trinajstić information content (AvgIpc) is 3.23. The smallest absolute Gasteiger partial charge is 0.264 e. The summed E-state index contributed by atoms with van der Waals surface area (Å²) in [6.07, 6.45) is 8.17. The largest absolute Gasteiger partial charge is 0.355 e. The summed E-state index contributed by atoms with van der Waals surface area (Å²) in [6.45, 7) is 2.15. The second-order valence-corrected chi connectivity index (χ2v) is 11.2. The molecule has 2 amide bonds. The standard InChI is InChI=1S/C27H32N4O2S/c1-30-22-9-5-4-8-21(22)29-23(30)10-13-28-25(32)20-16-27(20)11-14-31(15-12-27)26(33)24-19-7-3-2-6-18(19)17-34-24/h4-5,8-9,17,20H,2-3,6-7,10-16H2,1H3,(H,28,32). The summed E-state index contributed by atoms with van der Waals surface area (Å²) in [5, 5.41) is 5.35. The van der Waals surface area contributed by atoms with Crippen LogP contribution in [0.5, 0.6) is 0 Å². The first-order valence-electron chi connectivity index (χ1n) is 12.6. The number of para-hydroxylation sites is 2. The van der Waals surface area contributed by atoms with Crippen LogP contribution in [0.1, 0.15) is 58.7 Å². The van der Waals surface area contributed by atoms with Gasteiger partial charge in [0.2, 0.25) is 5.91 Å². The molecule has 178 valence electrons. The van der Waals surface area contributed by atoms with Crippen molar-refractivity contribution in [1.29, 1.82) is 0 Å². The van der Waals surface area contributed by atoms with Crippen LogP contribution in [0.15, 0.2) is 29.6 Å². The minimum Gasteiger partial charge on any atom is -0.355 e. The monoisotopic (exact) mass is 476 g/mol. The Morgan fingerprint density at radius 2 is 1.97 bits per heavy atom. The molecule has 6 rings (SSSR count). The van der Waals surface area contributed by atoms with Crippen molar-refractivity contribution in [3.8, 4) is 0 Å². The van der Waals surface area contributed by atoms with Crippen LogP contribution in [-0.2, 0) is 31.1 Å². The third-order valence-corrected chi connectivity index (χ3v) is 9.44. The molecule has 1 saturated carbocycles. The fourth-order valence-electron chi connectivity index (χ4n) is 6.11. The van der Waals surface area contributed by atoms with Crippen LogP contribution in [0.2, 0.25) is 0 Å². The van der Waals surface area contributed by atoms with Crippen LogP contribution < -0.4 is 5.32 Å². The van der Waals surface area contributed by atoms with E-state index in [1.54, 1.807) is 11.3 Å². The van der Waals surface area contributed by atoms with Crippen LogP contribution in [0.3, 0.4) is 0 Å². The maximum absolute atomic E-state index is 13.2. The van der Waals surface area contributed by atoms with E-state index >= 15 is 0 Å². The van der Waals surface area contributed by atoms with Gasteiger partial charge in [0, 0.05) is 39.0 Å². The number of rotatable bonds is 5. The summed E-state index contributed by atoms with van der Waals surface area (Å²) in [5.41, 5.74) is 4.93. The lowest BCUT2D eigenvalue weighted by Gasteiger charge is -2.33. The van der Waals surface area contributed by atoms with Crippen molar-refractivity contribution in [2.45, 2.75) is 51.4 Å². The third-order valence-electron chi connectivity index (χ3n) is 8.38. The number of hydrogen-bond acceptors (Lipinski definition) is 4. The van der Waals surface area contributed by atoms with Gasteiger partial charge in [-0.2, -0.15) is 0 Å². The zero-order valence-corrected chi connectivity index (χ0v) is 20.6. The lowest BCUT2D eigenvalue weighted by Crippen LogP contribution is -2.40.